The Balaban J connectivity index is 1.49. The van der Waals surface area contributed by atoms with Crippen LogP contribution < -0.4 is 14.8 Å². The van der Waals surface area contributed by atoms with Gasteiger partial charge in [-0.1, -0.05) is 36.4 Å². The molecule has 8 heteroatoms. The van der Waals surface area contributed by atoms with Gasteiger partial charge in [0.15, 0.2) is 17.3 Å². The molecule has 2 atom stereocenters. The summed E-state index contributed by atoms with van der Waals surface area (Å²) in [5.41, 5.74) is 2.58. The molecule has 0 aliphatic carbocycles. The van der Waals surface area contributed by atoms with Gasteiger partial charge >= 0.3 is 0 Å². The fraction of sp³-hybridized carbons (Fsp3) is 0.385. The number of ketones is 1. The lowest BCUT2D eigenvalue weighted by Crippen LogP contribution is -2.35. The molecule has 34 heavy (non-hydrogen) atoms. The second-order valence-corrected chi connectivity index (χ2v) is 8.08. The molecule has 1 aromatic heterocycles. The maximum Gasteiger partial charge on any atom is 0.191 e. The van der Waals surface area contributed by atoms with Crippen LogP contribution in [0.3, 0.4) is 0 Å². The number of rotatable bonds is 14. The Kier molecular flexibility index (Phi) is 9.63. The molecule has 3 rings (SSSR count). The number of nitrogens with one attached hydrogen (secondary N) is 1. The van der Waals surface area contributed by atoms with E-state index in [0.29, 0.717) is 36.6 Å². The fourth-order valence-electron chi connectivity index (χ4n) is 3.63. The van der Waals surface area contributed by atoms with Crippen LogP contribution in [0.4, 0.5) is 0 Å². The van der Waals surface area contributed by atoms with Crippen molar-refractivity contribution in [3.05, 3.63) is 77.6 Å². The van der Waals surface area contributed by atoms with E-state index in [1.165, 1.54) is 0 Å². The van der Waals surface area contributed by atoms with Gasteiger partial charge < -0.3 is 24.6 Å². The van der Waals surface area contributed by atoms with E-state index in [0.717, 1.165) is 17.5 Å². The van der Waals surface area contributed by atoms with Crippen molar-refractivity contribution < 1.29 is 24.1 Å². The Bertz CT molecular complexity index is 1040. The van der Waals surface area contributed by atoms with E-state index in [4.69, 9.17) is 14.2 Å². The zero-order chi connectivity index (χ0) is 24.3. The van der Waals surface area contributed by atoms with E-state index in [1.54, 1.807) is 37.2 Å². The van der Waals surface area contributed by atoms with Crippen molar-refractivity contribution in [2.24, 2.45) is 7.05 Å². The lowest BCUT2D eigenvalue weighted by atomic mass is 10.0. The molecule has 0 saturated carbocycles. The number of carbonyl (C=O) groups excluding carboxylic acids is 1. The lowest BCUT2D eigenvalue weighted by molar-refractivity contribution is -0.00161. The standard InChI is InChI=1S/C26H33N3O5/c1-29-17-20(15-28-29)14-25(26(31)21-7-5-4-6-8-21)34-18-22(30)16-27-12-11-19-9-10-23(32-2)24(13-19)33-3/h4-10,13,15,17,22,25,27,30H,11-12,14,16,18H2,1-3H3. The molecule has 0 fully saturated rings. The van der Waals surface area contributed by atoms with Gasteiger partial charge in [0, 0.05) is 31.8 Å². The smallest absolute Gasteiger partial charge is 0.191 e. The Hall–Kier alpha value is -3.20. The second-order valence-electron chi connectivity index (χ2n) is 8.08. The van der Waals surface area contributed by atoms with Crippen molar-refractivity contribution >= 4 is 5.78 Å². The lowest BCUT2D eigenvalue weighted by Gasteiger charge is -2.19. The van der Waals surface area contributed by atoms with Crippen molar-refractivity contribution in [3.63, 3.8) is 0 Å². The molecule has 0 saturated heterocycles. The zero-order valence-electron chi connectivity index (χ0n) is 19.9. The number of aliphatic hydroxyl groups is 1. The molecule has 182 valence electrons. The number of nitrogens with zero attached hydrogens (tertiary/aromatic N) is 2. The Morgan fingerprint density at radius 3 is 2.53 bits per heavy atom. The third-order valence-electron chi connectivity index (χ3n) is 5.44. The van der Waals surface area contributed by atoms with E-state index in [1.807, 2.05) is 49.6 Å². The van der Waals surface area contributed by atoms with Gasteiger partial charge in [0.25, 0.3) is 0 Å². The maximum atomic E-state index is 13.0. The minimum Gasteiger partial charge on any atom is -0.493 e. The van der Waals surface area contributed by atoms with Crippen LogP contribution >= 0.6 is 0 Å². The van der Waals surface area contributed by atoms with Crippen LogP contribution in [0.25, 0.3) is 0 Å². The molecule has 0 amide bonds. The maximum absolute atomic E-state index is 13.0. The molecule has 0 spiro atoms. The Labute approximate surface area is 200 Å². The zero-order valence-corrected chi connectivity index (χ0v) is 19.9. The largest absolute Gasteiger partial charge is 0.493 e. The average molecular weight is 468 g/mol. The predicted octanol–water partition coefficient (Wildman–Crippen LogP) is 2.44. The topological polar surface area (TPSA) is 94.8 Å². The Morgan fingerprint density at radius 1 is 1.09 bits per heavy atom. The van der Waals surface area contributed by atoms with Crippen molar-refractivity contribution in [2.45, 2.75) is 25.0 Å². The number of hydrogen-bond donors (Lipinski definition) is 2. The van der Waals surface area contributed by atoms with Gasteiger partial charge in [0.2, 0.25) is 0 Å². The van der Waals surface area contributed by atoms with E-state index in [2.05, 4.69) is 10.4 Å². The van der Waals surface area contributed by atoms with Gasteiger partial charge in [-0.25, -0.2) is 0 Å². The highest BCUT2D eigenvalue weighted by Crippen LogP contribution is 2.27. The summed E-state index contributed by atoms with van der Waals surface area (Å²) >= 11 is 0. The number of carbonyl (C=O) groups is 1. The highest BCUT2D eigenvalue weighted by Gasteiger charge is 2.23. The van der Waals surface area contributed by atoms with Gasteiger partial charge in [-0.05, 0) is 36.2 Å². The van der Waals surface area contributed by atoms with Crippen LogP contribution in [-0.2, 0) is 24.6 Å². The number of aromatic nitrogens is 2. The summed E-state index contributed by atoms with van der Waals surface area (Å²) in [6.45, 7) is 1.08. The molecule has 2 N–H and O–H groups in total. The molecular weight excluding hydrogens is 434 g/mol. The van der Waals surface area contributed by atoms with Crippen LogP contribution in [0.2, 0.25) is 0 Å². The molecular formula is C26H33N3O5. The quantitative estimate of drug-likeness (QED) is 0.278. The number of benzene rings is 2. The van der Waals surface area contributed by atoms with E-state index < -0.39 is 12.2 Å². The predicted molar refractivity (Wildman–Crippen MR) is 130 cm³/mol. The van der Waals surface area contributed by atoms with Crippen LogP contribution in [0, 0.1) is 0 Å². The molecule has 0 aliphatic rings. The van der Waals surface area contributed by atoms with Gasteiger partial charge in [-0.3, -0.25) is 9.48 Å². The number of aryl methyl sites for hydroxylation is 1. The van der Waals surface area contributed by atoms with Crippen LogP contribution in [0.5, 0.6) is 11.5 Å². The first-order chi connectivity index (χ1) is 16.5. The molecule has 1 heterocycles. The van der Waals surface area contributed by atoms with Crippen molar-refractivity contribution in [3.8, 4) is 11.5 Å². The monoisotopic (exact) mass is 467 g/mol. The van der Waals surface area contributed by atoms with Gasteiger partial charge in [-0.2, -0.15) is 5.10 Å². The first kappa shape index (κ1) is 25.4. The summed E-state index contributed by atoms with van der Waals surface area (Å²) in [6.07, 6.45) is 3.30. The third kappa shape index (κ3) is 7.41. The van der Waals surface area contributed by atoms with E-state index in [-0.39, 0.29) is 12.4 Å². The number of ether oxygens (including phenoxy) is 3. The molecule has 0 aliphatic heterocycles. The third-order valence-corrected chi connectivity index (χ3v) is 5.44. The van der Waals surface area contributed by atoms with E-state index >= 15 is 0 Å². The van der Waals surface area contributed by atoms with Crippen molar-refractivity contribution in [1.29, 1.82) is 0 Å². The number of aliphatic hydroxyl groups excluding tert-OH is 1. The summed E-state index contributed by atoms with van der Waals surface area (Å²) in [6, 6.07) is 14.9. The summed E-state index contributed by atoms with van der Waals surface area (Å²) in [5.74, 6) is 1.27. The van der Waals surface area contributed by atoms with E-state index in [9.17, 15) is 9.90 Å². The first-order valence-corrected chi connectivity index (χ1v) is 11.3. The fourth-order valence-corrected chi connectivity index (χ4v) is 3.63. The summed E-state index contributed by atoms with van der Waals surface area (Å²) in [5, 5.41) is 17.8. The van der Waals surface area contributed by atoms with Crippen molar-refractivity contribution in [1.82, 2.24) is 15.1 Å². The van der Waals surface area contributed by atoms with Crippen LogP contribution in [0.1, 0.15) is 21.5 Å². The molecule has 0 radical (unpaired) electrons. The molecule has 0 bridgehead atoms. The summed E-state index contributed by atoms with van der Waals surface area (Å²) < 4.78 is 18.2. The highest BCUT2D eigenvalue weighted by molar-refractivity contribution is 5.99. The number of methoxy groups -OCH3 is 2. The van der Waals surface area contributed by atoms with Crippen LogP contribution in [0.15, 0.2) is 60.9 Å². The summed E-state index contributed by atoms with van der Waals surface area (Å²) in [4.78, 5) is 13.0. The molecule has 8 nitrogen and oxygen atoms in total. The number of hydrogen-bond acceptors (Lipinski definition) is 7. The second kappa shape index (κ2) is 12.9. The van der Waals surface area contributed by atoms with Crippen molar-refractivity contribution in [2.75, 3.05) is 33.9 Å². The minimum atomic E-state index is -0.745. The number of Topliss-reactive ketones (excluding diaryl/α,β-unsaturated/α-hetero) is 1. The molecule has 3 aromatic rings. The normalized spacial score (nSPS) is 12.8. The minimum absolute atomic E-state index is 0.0485. The first-order valence-electron chi connectivity index (χ1n) is 11.3. The SMILES string of the molecule is COc1ccc(CCNCC(O)COC(Cc2cnn(C)c2)C(=O)c2ccccc2)cc1OC. The average Bonchev–Trinajstić information content (AvgIpc) is 3.28. The summed E-state index contributed by atoms with van der Waals surface area (Å²) in [7, 11) is 5.05. The van der Waals surface area contributed by atoms with Gasteiger partial charge in [0.05, 0.1) is 33.1 Å². The van der Waals surface area contributed by atoms with Gasteiger partial charge in [0.1, 0.15) is 6.10 Å². The van der Waals surface area contributed by atoms with Gasteiger partial charge in [-0.15, -0.1) is 0 Å². The molecule has 2 aromatic carbocycles. The Morgan fingerprint density at radius 2 is 1.85 bits per heavy atom. The molecule has 2 unspecified atom stereocenters. The highest BCUT2D eigenvalue weighted by atomic mass is 16.5. The van der Waals surface area contributed by atoms with Crippen LogP contribution in [-0.4, -0.2) is 66.8 Å².